The molecule has 3 heteroatoms. The van der Waals surface area contributed by atoms with Gasteiger partial charge < -0.3 is 0 Å². The van der Waals surface area contributed by atoms with Crippen LogP contribution in [0.2, 0.25) is 0 Å². The van der Waals surface area contributed by atoms with Crippen LogP contribution in [-0.4, -0.2) is 10.8 Å². The van der Waals surface area contributed by atoms with Crippen molar-refractivity contribution >= 4 is 23.2 Å². The lowest BCUT2D eigenvalue weighted by atomic mass is 9.95. The molecule has 0 aromatic carbocycles. The summed E-state index contributed by atoms with van der Waals surface area (Å²) >= 11 is 1.62. The fourth-order valence-electron chi connectivity index (χ4n) is 1.78. The van der Waals surface area contributed by atoms with E-state index in [1.807, 2.05) is 35.7 Å². The first-order valence-electron chi connectivity index (χ1n) is 6.06. The summed E-state index contributed by atoms with van der Waals surface area (Å²) in [5, 5.41) is 1.99. The average molecular weight is 269 g/mol. The number of carbonyl (C=O) groups excluding carboxylic acids is 1. The summed E-state index contributed by atoms with van der Waals surface area (Å²) in [7, 11) is 0. The molecule has 96 valence electrons. The van der Waals surface area contributed by atoms with Crippen LogP contribution in [0.4, 0.5) is 0 Å². The Balaban J connectivity index is 1.99. The first kappa shape index (κ1) is 13.4. The smallest absolute Gasteiger partial charge is 0.156 e. The monoisotopic (exact) mass is 269 g/mol. The number of hydrogen-bond acceptors (Lipinski definition) is 3. The van der Waals surface area contributed by atoms with Crippen molar-refractivity contribution in [3.05, 3.63) is 71.2 Å². The number of carbonyl (C=O) groups is 1. The molecule has 19 heavy (non-hydrogen) atoms. The largest absolute Gasteiger partial charge is 0.295 e. The number of pyridine rings is 1. The third-order valence-corrected chi connectivity index (χ3v) is 3.63. The highest BCUT2D eigenvalue weighted by atomic mass is 32.1. The first-order valence-corrected chi connectivity index (χ1v) is 6.94. The zero-order chi connectivity index (χ0) is 13.5. The lowest BCUT2D eigenvalue weighted by molar-refractivity contribution is -0.114. The van der Waals surface area contributed by atoms with Crippen molar-refractivity contribution in [3.63, 3.8) is 0 Å². The van der Waals surface area contributed by atoms with Crippen LogP contribution < -0.4 is 0 Å². The summed E-state index contributed by atoms with van der Waals surface area (Å²) in [5.41, 5.74) is 1.02. The zero-order valence-electron chi connectivity index (χ0n) is 10.5. The second-order valence-corrected chi connectivity index (χ2v) is 5.13. The number of nitrogens with zero attached hydrogens (tertiary/aromatic N) is 1. The number of aromatic nitrogens is 1. The van der Waals surface area contributed by atoms with Crippen LogP contribution in [0.15, 0.2) is 60.8 Å². The maximum Gasteiger partial charge on any atom is 0.156 e. The summed E-state index contributed by atoms with van der Waals surface area (Å²) in [6.07, 6.45) is 9.23. The van der Waals surface area contributed by atoms with Crippen LogP contribution in [0, 0.1) is 0 Å². The Morgan fingerprint density at radius 3 is 2.95 bits per heavy atom. The van der Waals surface area contributed by atoms with Crippen molar-refractivity contribution in [1.29, 1.82) is 0 Å². The maximum atomic E-state index is 11.9. The Morgan fingerprint density at radius 2 is 2.32 bits per heavy atom. The van der Waals surface area contributed by atoms with E-state index in [4.69, 9.17) is 0 Å². The van der Waals surface area contributed by atoms with Crippen molar-refractivity contribution in [1.82, 2.24) is 4.98 Å². The molecular weight excluding hydrogens is 254 g/mol. The molecule has 0 N–H and O–H groups in total. The molecule has 0 aliphatic rings. The van der Waals surface area contributed by atoms with Gasteiger partial charge in [-0.15, -0.1) is 17.9 Å². The molecule has 0 fully saturated rings. The van der Waals surface area contributed by atoms with E-state index in [1.54, 1.807) is 35.9 Å². The van der Waals surface area contributed by atoms with Crippen molar-refractivity contribution in [2.45, 2.75) is 12.3 Å². The van der Waals surface area contributed by atoms with Gasteiger partial charge in [-0.3, -0.25) is 9.78 Å². The number of hydrogen-bond donors (Lipinski definition) is 0. The quantitative estimate of drug-likeness (QED) is 0.584. The number of rotatable bonds is 6. The maximum absolute atomic E-state index is 11.9. The molecule has 2 rings (SSSR count). The van der Waals surface area contributed by atoms with Gasteiger partial charge in [0.25, 0.3) is 0 Å². The minimum Gasteiger partial charge on any atom is -0.295 e. The molecule has 2 aromatic heterocycles. The minimum absolute atomic E-state index is 0.0224. The van der Waals surface area contributed by atoms with Gasteiger partial charge in [0.15, 0.2) is 5.78 Å². The van der Waals surface area contributed by atoms with E-state index in [9.17, 15) is 4.79 Å². The van der Waals surface area contributed by atoms with E-state index in [0.29, 0.717) is 6.42 Å². The van der Waals surface area contributed by atoms with Gasteiger partial charge in [0, 0.05) is 29.6 Å². The normalized spacial score (nSPS) is 12.4. The van der Waals surface area contributed by atoms with Crippen LogP contribution in [0.25, 0.3) is 6.08 Å². The van der Waals surface area contributed by atoms with Gasteiger partial charge in [-0.2, -0.15) is 0 Å². The third kappa shape index (κ3) is 4.00. The van der Waals surface area contributed by atoms with E-state index in [1.165, 1.54) is 0 Å². The molecule has 0 bridgehead atoms. The topological polar surface area (TPSA) is 30.0 Å². The predicted octanol–water partition coefficient (Wildman–Crippen LogP) is 4.09. The number of ketones is 1. The van der Waals surface area contributed by atoms with E-state index in [0.717, 1.165) is 10.4 Å². The molecule has 0 spiro atoms. The first-order chi connectivity index (χ1) is 9.29. The molecule has 0 unspecified atom stereocenters. The van der Waals surface area contributed by atoms with Gasteiger partial charge in [-0.1, -0.05) is 18.2 Å². The molecule has 0 saturated heterocycles. The number of thiophene rings is 1. The Labute approximate surface area is 117 Å². The summed E-state index contributed by atoms with van der Waals surface area (Å²) in [4.78, 5) is 17.1. The summed E-state index contributed by atoms with van der Waals surface area (Å²) in [6.45, 7) is 3.80. The van der Waals surface area contributed by atoms with Crippen LogP contribution >= 0.6 is 11.3 Å². The van der Waals surface area contributed by atoms with Crippen molar-refractivity contribution in [3.8, 4) is 0 Å². The summed E-state index contributed by atoms with van der Waals surface area (Å²) < 4.78 is 0. The van der Waals surface area contributed by atoms with Crippen LogP contribution in [0.5, 0.6) is 0 Å². The molecule has 0 aliphatic heterocycles. The van der Waals surface area contributed by atoms with Gasteiger partial charge in [-0.25, -0.2) is 0 Å². The molecule has 2 nitrogen and oxygen atoms in total. The molecule has 0 aliphatic carbocycles. The lowest BCUT2D eigenvalue weighted by Crippen LogP contribution is -2.02. The highest BCUT2D eigenvalue weighted by Crippen LogP contribution is 2.20. The minimum atomic E-state index is 0.0224. The van der Waals surface area contributed by atoms with E-state index >= 15 is 0 Å². The van der Waals surface area contributed by atoms with Gasteiger partial charge in [0.1, 0.15) is 0 Å². The molecule has 0 amide bonds. The average Bonchev–Trinajstić information content (AvgIpc) is 2.97. The molecule has 1 atom stereocenters. The fourth-order valence-corrected chi connectivity index (χ4v) is 2.40. The third-order valence-electron chi connectivity index (χ3n) is 2.79. The van der Waals surface area contributed by atoms with Gasteiger partial charge in [0.2, 0.25) is 0 Å². The van der Waals surface area contributed by atoms with E-state index in [-0.39, 0.29) is 11.7 Å². The molecular formula is C16H15NOS. The SMILES string of the molecule is C=C[C@H](CC(=O)/C=C/c1cccs1)c1cccnc1. The second kappa shape index (κ2) is 6.81. The van der Waals surface area contributed by atoms with Crippen molar-refractivity contribution < 1.29 is 4.79 Å². The van der Waals surface area contributed by atoms with Gasteiger partial charge in [0.05, 0.1) is 0 Å². The van der Waals surface area contributed by atoms with Crippen LogP contribution in [0.1, 0.15) is 22.8 Å². The van der Waals surface area contributed by atoms with Gasteiger partial charge in [-0.05, 0) is 35.2 Å². The van der Waals surface area contributed by atoms with Crippen LogP contribution in [0.3, 0.4) is 0 Å². The fraction of sp³-hybridized carbons (Fsp3) is 0.125. The van der Waals surface area contributed by atoms with E-state index in [2.05, 4.69) is 11.6 Å². The Morgan fingerprint density at radius 1 is 1.42 bits per heavy atom. The summed E-state index contributed by atoms with van der Waals surface area (Å²) in [5.74, 6) is 0.122. The molecule has 0 radical (unpaired) electrons. The second-order valence-electron chi connectivity index (χ2n) is 4.15. The molecule has 2 aromatic rings. The predicted molar refractivity (Wildman–Crippen MR) is 80.2 cm³/mol. The van der Waals surface area contributed by atoms with Crippen molar-refractivity contribution in [2.75, 3.05) is 0 Å². The summed E-state index contributed by atoms with van der Waals surface area (Å²) in [6, 6.07) is 7.80. The van der Waals surface area contributed by atoms with Gasteiger partial charge >= 0.3 is 0 Å². The standard InChI is InChI=1S/C16H15NOS/c1-2-13(14-5-3-9-17-12-14)11-15(18)7-8-16-6-4-10-19-16/h2-10,12-13H,1,11H2/b8-7+/t13-/m1/s1. The molecule has 0 saturated carbocycles. The lowest BCUT2D eigenvalue weighted by Gasteiger charge is -2.09. The van der Waals surface area contributed by atoms with Crippen LogP contribution in [-0.2, 0) is 4.79 Å². The molecule has 2 heterocycles. The van der Waals surface area contributed by atoms with E-state index < -0.39 is 0 Å². The van der Waals surface area contributed by atoms with Crippen molar-refractivity contribution in [2.24, 2.45) is 0 Å². The Bertz CT molecular complexity index is 558. The highest BCUT2D eigenvalue weighted by Gasteiger charge is 2.11. The Hall–Kier alpha value is -2.00. The highest BCUT2D eigenvalue weighted by molar-refractivity contribution is 7.10. The zero-order valence-corrected chi connectivity index (χ0v) is 11.3. The number of allylic oxidation sites excluding steroid dienone is 2. The Kier molecular flexibility index (Phi) is 4.81.